The number of aliphatic imine (C=N–C) groups is 1. The van der Waals surface area contributed by atoms with Crippen molar-refractivity contribution in [1.82, 2.24) is 5.32 Å². The summed E-state index contributed by atoms with van der Waals surface area (Å²) < 4.78 is 0. The van der Waals surface area contributed by atoms with Gasteiger partial charge in [0.25, 0.3) is 0 Å². The van der Waals surface area contributed by atoms with E-state index in [1.54, 1.807) is 0 Å². The molecule has 0 aromatic heterocycles. The minimum atomic E-state index is 0.419. The Balaban J connectivity index is 2.04. The van der Waals surface area contributed by atoms with Crippen LogP contribution in [-0.4, -0.2) is 18.3 Å². The van der Waals surface area contributed by atoms with E-state index >= 15 is 0 Å². The van der Waals surface area contributed by atoms with Crippen LogP contribution in [0, 0.1) is 5.92 Å². The topological polar surface area (TPSA) is 34.3 Å². The van der Waals surface area contributed by atoms with Gasteiger partial charge < -0.3 is 5.32 Å². The highest BCUT2D eigenvalue weighted by atomic mass is 15.1. The second-order valence-electron chi connectivity index (χ2n) is 4.63. The van der Waals surface area contributed by atoms with Gasteiger partial charge in [-0.2, -0.15) is 0 Å². The van der Waals surface area contributed by atoms with E-state index in [0.717, 1.165) is 18.0 Å². The van der Waals surface area contributed by atoms with Crippen LogP contribution in [0.3, 0.4) is 0 Å². The van der Waals surface area contributed by atoms with Crippen molar-refractivity contribution in [3.63, 3.8) is 0 Å². The molecule has 0 amide bonds. The molecule has 0 bridgehead atoms. The highest BCUT2D eigenvalue weighted by Gasteiger charge is 2.38. The number of rotatable bonds is 3. The van der Waals surface area contributed by atoms with Gasteiger partial charge in [-0.05, 0) is 18.6 Å². The lowest BCUT2D eigenvalue weighted by atomic mass is 9.92. The number of allylic oxidation sites excluding steroid dienone is 1. The van der Waals surface area contributed by atoms with E-state index in [4.69, 9.17) is 4.99 Å². The van der Waals surface area contributed by atoms with Gasteiger partial charge in [0.2, 0.25) is 0 Å². The zero-order valence-electron chi connectivity index (χ0n) is 9.98. The van der Waals surface area contributed by atoms with Gasteiger partial charge >= 0.3 is 0 Å². The van der Waals surface area contributed by atoms with E-state index in [-0.39, 0.29) is 0 Å². The third-order valence-electron chi connectivity index (χ3n) is 3.50. The van der Waals surface area contributed by atoms with Crippen LogP contribution in [0.5, 0.6) is 0 Å². The molecular weight excluding hydrogens is 208 g/mol. The average molecular weight is 224 g/mol. The Hall–Kier alpha value is -1.67. The SMILES string of the molecule is C=CC1=NC(c2ccccc2)=C(C)C1C1CN1. The summed E-state index contributed by atoms with van der Waals surface area (Å²) >= 11 is 0. The molecular formula is C15H16N2. The molecule has 1 aromatic carbocycles. The van der Waals surface area contributed by atoms with Crippen LogP contribution in [-0.2, 0) is 0 Å². The summed E-state index contributed by atoms with van der Waals surface area (Å²) in [6.45, 7) is 7.16. The number of nitrogens with one attached hydrogen (secondary N) is 1. The lowest BCUT2D eigenvalue weighted by Crippen LogP contribution is -2.18. The van der Waals surface area contributed by atoms with Crippen molar-refractivity contribution in [1.29, 1.82) is 0 Å². The minimum absolute atomic E-state index is 0.419. The molecule has 17 heavy (non-hydrogen) atoms. The molecule has 2 unspecified atom stereocenters. The quantitative estimate of drug-likeness (QED) is 0.787. The first-order chi connectivity index (χ1) is 8.31. The van der Waals surface area contributed by atoms with Crippen LogP contribution in [0.2, 0.25) is 0 Å². The Morgan fingerprint density at radius 1 is 1.35 bits per heavy atom. The molecule has 2 nitrogen and oxygen atoms in total. The van der Waals surface area contributed by atoms with E-state index in [2.05, 4.69) is 43.1 Å². The molecule has 86 valence electrons. The maximum absolute atomic E-state index is 4.74. The zero-order chi connectivity index (χ0) is 11.8. The van der Waals surface area contributed by atoms with Crippen LogP contribution < -0.4 is 5.32 Å². The standard InChI is InChI=1S/C15H16N2/c1-3-12-14(13-9-16-13)10(2)15(17-12)11-7-5-4-6-8-11/h3-8,13-14,16H,1,9H2,2H3. The van der Waals surface area contributed by atoms with Gasteiger partial charge in [0.05, 0.1) is 5.70 Å². The summed E-state index contributed by atoms with van der Waals surface area (Å²) in [5.74, 6) is 0.419. The lowest BCUT2D eigenvalue weighted by Gasteiger charge is -2.10. The van der Waals surface area contributed by atoms with Crippen LogP contribution in [0.1, 0.15) is 12.5 Å². The smallest absolute Gasteiger partial charge is 0.0702 e. The molecule has 2 heterocycles. The van der Waals surface area contributed by atoms with Crippen LogP contribution in [0.15, 0.2) is 53.6 Å². The largest absolute Gasteiger partial charge is 0.310 e. The maximum Gasteiger partial charge on any atom is 0.0702 e. The summed E-state index contributed by atoms with van der Waals surface area (Å²) in [7, 11) is 0. The number of hydrogen-bond donors (Lipinski definition) is 1. The van der Waals surface area contributed by atoms with Crippen molar-refractivity contribution in [3.05, 3.63) is 54.1 Å². The molecule has 2 aliphatic heterocycles. The van der Waals surface area contributed by atoms with Gasteiger partial charge in [-0.1, -0.05) is 36.9 Å². The third-order valence-corrected chi connectivity index (χ3v) is 3.50. The van der Waals surface area contributed by atoms with Crippen molar-refractivity contribution >= 4 is 11.4 Å². The van der Waals surface area contributed by atoms with Crippen LogP contribution in [0.25, 0.3) is 5.70 Å². The molecule has 2 atom stereocenters. The minimum Gasteiger partial charge on any atom is -0.310 e. The Bertz CT molecular complexity index is 507. The first-order valence-corrected chi connectivity index (χ1v) is 6.02. The van der Waals surface area contributed by atoms with Crippen molar-refractivity contribution in [2.45, 2.75) is 13.0 Å². The average Bonchev–Trinajstić information content (AvgIpc) is 3.14. The summed E-state index contributed by atoms with van der Waals surface area (Å²) in [5, 5.41) is 3.38. The molecule has 1 saturated heterocycles. The van der Waals surface area contributed by atoms with Gasteiger partial charge in [0, 0.05) is 29.8 Å². The molecule has 1 N–H and O–H groups in total. The monoisotopic (exact) mass is 224 g/mol. The third kappa shape index (κ3) is 1.75. The molecule has 0 aliphatic carbocycles. The van der Waals surface area contributed by atoms with Crippen molar-refractivity contribution in [3.8, 4) is 0 Å². The van der Waals surface area contributed by atoms with E-state index < -0.39 is 0 Å². The van der Waals surface area contributed by atoms with Crippen LogP contribution >= 0.6 is 0 Å². The Labute approximate surface area is 102 Å². The second kappa shape index (κ2) is 3.97. The summed E-state index contributed by atoms with van der Waals surface area (Å²) in [4.78, 5) is 4.74. The van der Waals surface area contributed by atoms with Gasteiger partial charge in [0.15, 0.2) is 0 Å². The van der Waals surface area contributed by atoms with Gasteiger partial charge in [-0.15, -0.1) is 0 Å². The number of nitrogens with zero attached hydrogens (tertiary/aromatic N) is 1. The fourth-order valence-corrected chi connectivity index (χ4v) is 2.53. The van der Waals surface area contributed by atoms with Gasteiger partial charge in [-0.25, -0.2) is 0 Å². The fourth-order valence-electron chi connectivity index (χ4n) is 2.53. The molecule has 1 fully saturated rings. The first-order valence-electron chi connectivity index (χ1n) is 6.02. The van der Waals surface area contributed by atoms with Crippen LogP contribution in [0.4, 0.5) is 0 Å². The molecule has 0 saturated carbocycles. The Kier molecular flexibility index (Phi) is 2.45. The fraction of sp³-hybridized carbons (Fsp3) is 0.267. The van der Waals surface area contributed by atoms with E-state index in [0.29, 0.717) is 12.0 Å². The van der Waals surface area contributed by atoms with Gasteiger partial charge in [-0.3, -0.25) is 4.99 Å². The lowest BCUT2D eigenvalue weighted by molar-refractivity contribution is 0.794. The maximum atomic E-state index is 4.74. The summed E-state index contributed by atoms with van der Waals surface area (Å²) in [6.07, 6.45) is 1.89. The normalized spacial score (nSPS) is 27.0. The van der Waals surface area contributed by atoms with E-state index in [1.807, 2.05) is 12.1 Å². The molecule has 2 aliphatic rings. The molecule has 0 spiro atoms. The van der Waals surface area contributed by atoms with Gasteiger partial charge in [0.1, 0.15) is 0 Å². The molecule has 3 rings (SSSR count). The second-order valence-corrected chi connectivity index (χ2v) is 4.63. The predicted octanol–water partition coefficient (Wildman–Crippen LogP) is 2.65. The van der Waals surface area contributed by atoms with Crippen molar-refractivity contribution in [2.24, 2.45) is 10.9 Å². The Morgan fingerprint density at radius 3 is 2.65 bits per heavy atom. The first kappa shape index (κ1) is 10.5. The molecule has 2 heteroatoms. The highest BCUT2D eigenvalue weighted by Crippen LogP contribution is 2.36. The van der Waals surface area contributed by atoms with Crippen molar-refractivity contribution < 1.29 is 0 Å². The zero-order valence-corrected chi connectivity index (χ0v) is 9.98. The predicted molar refractivity (Wildman–Crippen MR) is 71.9 cm³/mol. The number of benzene rings is 1. The summed E-state index contributed by atoms with van der Waals surface area (Å²) in [6, 6.07) is 10.9. The van der Waals surface area contributed by atoms with E-state index in [9.17, 15) is 0 Å². The molecule has 1 aromatic rings. The number of hydrogen-bond acceptors (Lipinski definition) is 2. The van der Waals surface area contributed by atoms with E-state index in [1.165, 1.54) is 11.1 Å². The van der Waals surface area contributed by atoms with Crippen molar-refractivity contribution in [2.75, 3.05) is 6.54 Å². The highest BCUT2D eigenvalue weighted by molar-refractivity contribution is 6.06. The summed E-state index contributed by atoms with van der Waals surface area (Å²) in [5.41, 5.74) is 4.80. The Morgan fingerprint density at radius 2 is 2.06 bits per heavy atom. The molecule has 0 radical (unpaired) electrons.